The molecule has 0 fully saturated rings. The molecule has 3 nitrogen and oxygen atoms in total. The summed E-state index contributed by atoms with van der Waals surface area (Å²) in [5, 5.41) is 0.429. The highest BCUT2D eigenvalue weighted by Gasteiger charge is 2.05. The SMILES string of the molecule is Clc1ccnc(-c2ccncc2Br)n1. The molecule has 0 aliphatic rings. The van der Waals surface area contributed by atoms with Crippen LogP contribution in [0.2, 0.25) is 5.15 Å². The molecule has 2 aromatic rings. The van der Waals surface area contributed by atoms with Gasteiger partial charge >= 0.3 is 0 Å². The Labute approximate surface area is 94.3 Å². The highest BCUT2D eigenvalue weighted by molar-refractivity contribution is 9.10. The third-order valence-corrected chi connectivity index (χ3v) is 2.48. The minimum absolute atomic E-state index is 0.429. The van der Waals surface area contributed by atoms with E-state index < -0.39 is 0 Å². The molecular formula is C9H5BrClN3. The number of hydrogen-bond acceptors (Lipinski definition) is 3. The standard InChI is InChI=1S/C9H5BrClN3/c10-7-5-12-3-1-6(7)9-13-4-2-8(11)14-9/h1-5H. The van der Waals surface area contributed by atoms with Crippen LogP contribution in [-0.4, -0.2) is 15.0 Å². The van der Waals surface area contributed by atoms with Crippen molar-refractivity contribution in [3.63, 3.8) is 0 Å². The van der Waals surface area contributed by atoms with Crippen molar-refractivity contribution >= 4 is 27.5 Å². The van der Waals surface area contributed by atoms with Crippen LogP contribution < -0.4 is 0 Å². The molecule has 0 saturated carbocycles. The van der Waals surface area contributed by atoms with Gasteiger partial charge in [-0.2, -0.15) is 0 Å². The summed E-state index contributed by atoms with van der Waals surface area (Å²) in [6.07, 6.45) is 5.00. The lowest BCUT2D eigenvalue weighted by Crippen LogP contribution is -1.89. The maximum absolute atomic E-state index is 5.77. The second-order valence-corrected chi connectivity index (χ2v) is 3.80. The number of rotatable bonds is 1. The molecule has 0 atom stereocenters. The van der Waals surface area contributed by atoms with Crippen LogP contribution in [0.4, 0.5) is 0 Å². The molecule has 0 unspecified atom stereocenters. The van der Waals surface area contributed by atoms with E-state index in [0.717, 1.165) is 10.0 Å². The summed E-state index contributed by atoms with van der Waals surface area (Å²) in [6.45, 7) is 0. The van der Waals surface area contributed by atoms with E-state index >= 15 is 0 Å². The number of pyridine rings is 1. The van der Waals surface area contributed by atoms with Crippen molar-refractivity contribution in [3.8, 4) is 11.4 Å². The van der Waals surface area contributed by atoms with Crippen molar-refractivity contribution in [2.24, 2.45) is 0 Å². The van der Waals surface area contributed by atoms with Crippen molar-refractivity contribution in [3.05, 3.63) is 40.3 Å². The van der Waals surface area contributed by atoms with Crippen LogP contribution >= 0.6 is 27.5 Å². The summed E-state index contributed by atoms with van der Waals surface area (Å²) in [4.78, 5) is 12.2. The van der Waals surface area contributed by atoms with Crippen LogP contribution in [0.15, 0.2) is 35.2 Å². The number of nitrogens with zero attached hydrogens (tertiary/aromatic N) is 3. The van der Waals surface area contributed by atoms with Crippen molar-refractivity contribution < 1.29 is 0 Å². The van der Waals surface area contributed by atoms with Gasteiger partial charge in [0.15, 0.2) is 5.82 Å². The van der Waals surface area contributed by atoms with E-state index in [2.05, 4.69) is 30.9 Å². The van der Waals surface area contributed by atoms with E-state index in [1.807, 2.05) is 6.07 Å². The molecule has 0 aliphatic carbocycles. The molecule has 2 aromatic heterocycles. The van der Waals surface area contributed by atoms with Gasteiger partial charge in [-0.05, 0) is 28.1 Å². The first kappa shape index (κ1) is 9.55. The third kappa shape index (κ3) is 1.91. The minimum atomic E-state index is 0.429. The van der Waals surface area contributed by atoms with Crippen LogP contribution in [-0.2, 0) is 0 Å². The summed E-state index contributed by atoms with van der Waals surface area (Å²) in [5.74, 6) is 0.590. The fourth-order valence-corrected chi connectivity index (χ4v) is 1.59. The van der Waals surface area contributed by atoms with E-state index in [1.54, 1.807) is 24.7 Å². The Morgan fingerprint density at radius 1 is 1.21 bits per heavy atom. The second kappa shape index (κ2) is 4.02. The van der Waals surface area contributed by atoms with Gasteiger partial charge < -0.3 is 0 Å². The topological polar surface area (TPSA) is 38.7 Å². The average molecular weight is 271 g/mol. The Kier molecular flexibility index (Phi) is 2.74. The van der Waals surface area contributed by atoms with Gasteiger partial charge in [-0.25, -0.2) is 9.97 Å². The average Bonchev–Trinajstić information content (AvgIpc) is 2.18. The maximum atomic E-state index is 5.77. The second-order valence-electron chi connectivity index (χ2n) is 2.56. The molecule has 5 heteroatoms. The molecule has 2 heterocycles. The van der Waals surface area contributed by atoms with E-state index in [4.69, 9.17) is 11.6 Å². The molecular weight excluding hydrogens is 265 g/mol. The lowest BCUT2D eigenvalue weighted by Gasteiger charge is -2.01. The van der Waals surface area contributed by atoms with Crippen molar-refractivity contribution in [1.82, 2.24) is 15.0 Å². The van der Waals surface area contributed by atoms with Gasteiger partial charge in [-0.1, -0.05) is 11.6 Å². The van der Waals surface area contributed by atoms with Crippen molar-refractivity contribution in [2.45, 2.75) is 0 Å². The third-order valence-electron chi connectivity index (χ3n) is 1.63. The van der Waals surface area contributed by atoms with Crippen LogP contribution in [0.5, 0.6) is 0 Å². The summed E-state index contributed by atoms with van der Waals surface area (Å²) in [6, 6.07) is 3.47. The zero-order valence-electron chi connectivity index (χ0n) is 6.98. The molecule has 0 radical (unpaired) electrons. The normalized spacial score (nSPS) is 10.1. The largest absolute Gasteiger partial charge is 0.264 e. The molecule has 14 heavy (non-hydrogen) atoms. The maximum Gasteiger partial charge on any atom is 0.162 e. The molecule has 0 N–H and O–H groups in total. The van der Waals surface area contributed by atoms with Gasteiger partial charge in [0.25, 0.3) is 0 Å². The smallest absolute Gasteiger partial charge is 0.162 e. The predicted octanol–water partition coefficient (Wildman–Crippen LogP) is 2.95. The highest BCUT2D eigenvalue weighted by atomic mass is 79.9. The highest BCUT2D eigenvalue weighted by Crippen LogP contribution is 2.24. The van der Waals surface area contributed by atoms with E-state index in [9.17, 15) is 0 Å². The number of aromatic nitrogens is 3. The summed E-state index contributed by atoms with van der Waals surface area (Å²) < 4.78 is 0.849. The molecule has 0 aliphatic heterocycles. The molecule has 2 rings (SSSR count). The van der Waals surface area contributed by atoms with E-state index in [-0.39, 0.29) is 0 Å². The summed E-state index contributed by atoms with van der Waals surface area (Å²) in [5.41, 5.74) is 0.877. The molecule has 0 saturated heterocycles. The molecule has 0 spiro atoms. The first-order chi connectivity index (χ1) is 6.77. The van der Waals surface area contributed by atoms with Gasteiger partial charge in [0.1, 0.15) is 5.15 Å². The molecule has 0 bridgehead atoms. The minimum Gasteiger partial charge on any atom is -0.264 e. The Morgan fingerprint density at radius 2 is 2.07 bits per heavy atom. The fourth-order valence-electron chi connectivity index (χ4n) is 1.02. The van der Waals surface area contributed by atoms with Gasteiger partial charge in [-0.3, -0.25) is 4.98 Å². The molecule has 0 aromatic carbocycles. The first-order valence-electron chi connectivity index (χ1n) is 3.86. The quantitative estimate of drug-likeness (QED) is 0.748. The van der Waals surface area contributed by atoms with Crippen LogP contribution in [0, 0.1) is 0 Å². The van der Waals surface area contributed by atoms with Gasteiger partial charge in [-0.15, -0.1) is 0 Å². The lowest BCUT2D eigenvalue weighted by molar-refractivity contribution is 1.16. The van der Waals surface area contributed by atoms with Gasteiger partial charge in [0.05, 0.1) is 0 Å². The van der Waals surface area contributed by atoms with Crippen LogP contribution in [0.1, 0.15) is 0 Å². The van der Waals surface area contributed by atoms with Crippen LogP contribution in [0.3, 0.4) is 0 Å². The Balaban J connectivity index is 2.55. The zero-order chi connectivity index (χ0) is 9.97. The molecule has 0 amide bonds. The Hall–Kier alpha value is -1.000. The Bertz CT molecular complexity index is 461. The Morgan fingerprint density at radius 3 is 2.79 bits per heavy atom. The van der Waals surface area contributed by atoms with E-state index in [1.165, 1.54) is 0 Å². The predicted molar refractivity (Wildman–Crippen MR) is 58.0 cm³/mol. The monoisotopic (exact) mass is 269 g/mol. The van der Waals surface area contributed by atoms with Crippen molar-refractivity contribution in [1.29, 1.82) is 0 Å². The van der Waals surface area contributed by atoms with Gasteiger partial charge in [0, 0.05) is 28.6 Å². The zero-order valence-corrected chi connectivity index (χ0v) is 9.33. The van der Waals surface area contributed by atoms with Crippen molar-refractivity contribution in [2.75, 3.05) is 0 Å². The van der Waals surface area contributed by atoms with Crippen LogP contribution in [0.25, 0.3) is 11.4 Å². The summed E-state index contributed by atoms with van der Waals surface area (Å²) >= 11 is 9.14. The number of hydrogen-bond donors (Lipinski definition) is 0. The summed E-state index contributed by atoms with van der Waals surface area (Å²) in [7, 11) is 0. The molecule has 70 valence electrons. The lowest BCUT2D eigenvalue weighted by atomic mass is 10.2. The first-order valence-corrected chi connectivity index (χ1v) is 5.03. The van der Waals surface area contributed by atoms with E-state index in [0.29, 0.717) is 11.0 Å². The number of halogens is 2. The fraction of sp³-hybridized carbons (Fsp3) is 0. The van der Waals surface area contributed by atoms with Gasteiger partial charge in [0.2, 0.25) is 0 Å².